The fourth-order valence-corrected chi connectivity index (χ4v) is 3.64. The van der Waals surface area contributed by atoms with Gasteiger partial charge in [-0.05, 0) is 57.1 Å². The lowest BCUT2D eigenvalue weighted by atomic mass is 9.99. The Balaban J connectivity index is 0.00000312. The van der Waals surface area contributed by atoms with Gasteiger partial charge in [-0.25, -0.2) is 4.99 Å². The van der Waals surface area contributed by atoms with Crippen molar-refractivity contribution in [3.63, 3.8) is 0 Å². The van der Waals surface area contributed by atoms with Crippen molar-refractivity contribution in [3.05, 3.63) is 22.4 Å². The average Bonchev–Trinajstić information content (AvgIpc) is 3.10. The minimum absolute atomic E-state index is 0. The summed E-state index contributed by atoms with van der Waals surface area (Å²) >= 11 is 1.56. The maximum absolute atomic E-state index is 10.6. The molecule has 1 unspecified atom stereocenters. The van der Waals surface area contributed by atoms with Crippen molar-refractivity contribution < 1.29 is 5.11 Å². The molecule has 1 aromatic rings. The molecule has 0 saturated carbocycles. The van der Waals surface area contributed by atoms with Gasteiger partial charge in [0.25, 0.3) is 0 Å². The van der Waals surface area contributed by atoms with E-state index in [0.717, 1.165) is 36.4 Å². The van der Waals surface area contributed by atoms with Gasteiger partial charge in [-0.2, -0.15) is 0 Å². The number of guanidine groups is 1. The topological polar surface area (TPSA) is 59.9 Å². The molecule has 5 nitrogen and oxygen atoms in total. The Morgan fingerprint density at radius 3 is 2.72 bits per heavy atom. The SMILES string of the molecule is CCNC(=NCC(C)(O)c1cccs1)NCCN1CCC(C)CC1.I. The molecule has 0 bridgehead atoms. The van der Waals surface area contributed by atoms with Crippen LogP contribution in [0.25, 0.3) is 0 Å². The van der Waals surface area contributed by atoms with Crippen LogP contribution in [0, 0.1) is 5.92 Å². The molecule has 0 aromatic carbocycles. The Morgan fingerprint density at radius 1 is 1.40 bits per heavy atom. The number of aliphatic imine (C=N–C) groups is 1. The first-order valence-corrected chi connectivity index (χ1v) is 9.90. The Kier molecular flexibility index (Phi) is 10.3. The number of likely N-dealkylation sites (tertiary alicyclic amines) is 1. The summed E-state index contributed by atoms with van der Waals surface area (Å²) in [4.78, 5) is 8.03. The minimum atomic E-state index is -0.917. The van der Waals surface area contributed by atoms with Gasteiger partial charge in [0.2, 0.25) is 0 Å². The summed E-state index contributed by atoms with van der Waals surface area (Å²) in [5.41, 5.74) is -0.917. The van der Waals surface area contributed by atoms with Gasteiger partial charge in [0.15, 0.2) is 5.96 Å². The molecule has 144 valence electrons. The van der Waals surface area contributed by atoms with E-state index < -0.39 is 5.60 Å². The fraction of sp³-hybridized carbons (Fsp3) is 0.722. The van der Waals surface area contributed by atoms with E-state index in [1.807, 2.05) is 24.4 Å². The van der Waals surface area contributed by atoms with Crippen LogP contribution in [0.5, 0.6) is 0 Å². The second kappa shape index (κ2) is 11.4. The van der Waals surface area contributed by atoms with Crippen LogP contribution >= 0.6 is 35.3 Å². The smallest absolute Gasteiger partial charge is 0.191 e. The molecule has 3 N–H and O–H groups in total. The highest BCUT2D eigenvalue weighted by molar-refractivity contribution is 14.0. The van der Waals surface area contributed by atoms with E-state index >= 15 is 0 Å². The summed E-state index contributed by atoms with van der Waals surface area (Å²) in [7, 11) is 0. The van der Waals surface area contributed by atoms with Crippen LogP contribution < -0.4 is 10.6 Å². The summed E-state index contributed by atoms with van der Waals surface area (Å²) in [6, 6.07) is 3.92. The van der Waals surface area contributed by atoms with Crippen molar-refractivity contribution in [1.29, 1.82) is 0 Å². The summed E-state index contributed by atoms with van der Waals surface area (Å²) < 4.78 is 0. The van der Waals surface area contributed by atoms with Crippen molar-refractivity contribution in [2.24, 2.45) is 10.9 Å². The molecule has 1 fully saturated rings. The molecule has 1 saturated heterocycles. The summed E-state index contributed by atoms with van der Waals surface area (Å²) in [6.45, 7) is 11.7. The summed E-state index contributed by atoms with van der Waals surface area (Å²) in [5.74, 6) is 1.65. The van der Waals surface area contributed by atoms with E-state index in [-0.39, 0.29) is 24.0 Å². The lowest BCUT2D eigenvalue weighted by Gasteiger charge is -2.30. The standard InChI is InChI=1S/C18H32N4OS.HI/c1-4-19-17(20-9-12-22-10-7-15(2)8-11-22)21-14-18(3,23)16-6-5-13-24-16;/h5-6,13,15,23H,4,7-12,14H2,1-3H3,(H2,19,20,21);1H. The Hall–Kier alpha value is -0.380. The van der Waals surface area contributed by atoms with Crippen LogP contribution in [0.15, 0.2) is 22.5 Å². The number of rotatable bonds is 7. The number of aliphatic hydroxyl groups is 1. The molecule has 7 heteroatoms. The van der Waals surface area contributed by atoms with Crippen molar-refractivity contribution in [3.8, 4) is 0 Å². The number of halogens is 1. The first-order valence-electron chi connectivity index (χ1n) is 9.02. The van der Waals surface area contributed by atoms with Crippen molar-refractivity contribution in [2.45, 2.75) is 39.2 Å². The third-order valence-electron chi connectivity index (χ3n) is 4.54. The van der Waals surface area contributed by atoms with E-state index in [4.69, 9.17) is 0 Å². The molecule has 1 aromatic heterocycles. The van der Waals surface area contributed by atoms with Gasteiger partial charge >= 0.3 is 0 Å². The van der Waals surface area contributed by atoms with Gasteiger partial charge in [-0.1, -0.05) is 13.0 Å². The highest BCUT2D eigenvalue weighted by Crippen LogP contribution is 2.25. The van der Waals surface area contributed by atoms with Crippen molar-refractivity contribution in [1.82, 2.24) is 15.5 Å². The number of nitrogens with zero attached hydrogens (tertiary/aromatic N) is 2. The molecule has 0 radical (unpaired) electrons. The van der Waals surface area contributed by atoms with Gasteiger partial charge in [0.05, 0.1) is 6.54 Å². The summed E-state index contributed by atoms with van der Waals surface area (Å²) in [5, 5.41) is 19.2. The minimum Gasteiger partial charge on any atom is -0.383 e. The first-order chi connectivity index (χ1) is 11.5. The molecule has 1 aliphatic rings. The fourth-order valence-electron chi connectivity index (χ4n) is 2.86. The van der Waals surface area contributed by atoms with Crippen LogP contribution in [0.3, 0.4) is 0 Å². The van der Waals surface area contributed by atoms with Gasteiger partial charge < -0.3 is 20.6 Å². The van der Waals surface area contributed by atoms with E-state index in [9.17, 15) is 5.11 Å². The third-order valence-corrected chi connectivity index (χ3v) is 5.66. The maximum atomic E-state index is 10.6. The van der Waals surface area contributed by atoms with Gasteiger partial charge in [-0.3, -0.25) is 0 Å². The summed E-state index contributed by atoms with van der Waals surface area (Å²) in [6.07, 6.45) is 2.61. The van der Waals surface area contributed by atoms with Crippen LogP contribution in [-0.4, -0.2) is 55.2 Å². The van der Waals surface area contributed by atoms with Crippen molar-refractivity contribution >= 4 is 41.3 Å². The van der Waals surface area contributed by atoms with Crippen LogP contribution in [0.4, 0.5) is 0 Å². The zero-order valence-corrected chi connectivity index (χ0v) is 18.8. The molecule has 0 amide bonds. The average molecular weight is 480 g/mol. The van der Waals surface area contributed by atoms with Crippen LogP contribution in [0.2, 0.25) is 0 Å². The quantitative estimate of drug-likeness (QED) is 0.319. The number of piperidine rings is 1. The Morgan fingerprint density at radius 2 is 2.12 bits per heavy atom. The highest BCUT2D eigenvalue weighted by atomic mass is 127. The molecular formula is C18H33IN4OS. The Labute approximate surface area is 173 Å². The number of nitrogens with one attached hydrogen (secondary N) is 2. The van der Waals surface area contributed by atoms with Crippen LogP contribution in [0.1, 0.15) is 38.5 Å². The van der Waals surface area contributed by atoms with Crippen LogP contribution in [-0.2, 0) is 5.60 Å². The zero-order chi connectivity index (χ0) is 17.4. The third kappa shape index (κ3) is 7.80. The predicted molar refractivity (Wildman–Crippen MR) is 118 cm³/mol. The Bertz CT molecular complexity index is 499. The molecule has 2 heterocycles. The molecule has 1 atom stereocenters. The normalized spacial score (nSPS) is 19.1. The van der Waals surface area contributed by atoms with E-state index in [1.165, 1.54) is 25.9 Å². The van der Waals surface area contributed by atoms with E-state index in [2.05, 4.69) is 34.4 Å². The lowest BCUT2D eigenvalue weighted by Crippen LogP contribution is -2.43. The number of hydrogen-bond donors (Lipinski definition) is 3. The predicted octanol–water partition coefficient (Wildman–Crippen LogP) is 2.86. The maximum Gasteiger partial charge on any atom is 0.191 e. The molecule has 0 aliphatic carbocycles. The van der Waals surface area contributed by atoms with Gasteiger partial charge in [-0.15, -0.1) is 35.3 Å². The van der Waals surface area contributed by atoms with Crippen molar-refractivity contribution in [2.75, 3.05) is 39.3 Å². The second-order valence-corrected chi connectivity index (χ2v) is 7.84. The molecule has 25 heavy (non-hydrogen) atoms. The molecular weight excluding hydrogens is 447 g/mol. The van der Waals surface area contributed by atoms with E-state index in [0.29, 0.717) is 6.54 Å². The molecule has 2 rings (SSSR count). The number of thiophene rings is 1. The van der Waals surface area contributed by atoms with Gasteiger partial charge in [0.1, 0.15) is 5.60 Å². The monoisotopic (exact) mass is 480 g/mol. The highest BCUT2D eigenvalue weighted by Gasteiger charge is 2.24. The molecule has 1 aliphatic heterocycles. The lowest BCUT2D eigenvalue weighted by molar-refractivity contribution is 0.0711. The number of hydrogen-bond acceptors (Lipinski definition) is 4. The van der Waals surface area contributed by atoms with E-state index in [1.54, 1.807) is 11.3 Å². The van der Waals surface area contributed by atoms with Gasteiger partial charge in [0, 0.05) is 24.5 Å². The molecule has 0 spiro atoms. The zero-order valence-electron chi connectivity index (χ0n) is 15.6. The largest absolute Gasteiger partial charge is 0.383 e. The second-order valence-electron chi connectivity index (χ2n) is 6.90. The first kappa shape index (κ1) is 22.7.